The average molecular weight is 213 g/mol. The van der Waals surface area contributed by atoms with Gasteiger partial charge in [-0.2, -0.15) is 0 Å². The zero-order chi connectivity index (χ0) is 11.8. The van der Waals surface area contributed by atoms with E-state index in [4.69, 9.17) is 16.6 Å². The van der Waals surface area contributed by atoms with E-state index < -0.39 is 12.0 Å². The van der Waals surface area contributed by atoms with Crippen molar-refractivity contribution in [2.75, 3.05) is 13.6 Å². The van der Waals surface area contributed by atoms with Crippen LogP contribution in [0, 0.1) is 0 Å². The Morgan fingerprint density at radius 3 is 2.67 bits per heavy atom. The van der Waals surface area contributed by atoms with Crippen molar-refractivity contribution in [1.29, 1.82) is 0 Å². The van der Waals surface area contributed by atoms with E-state index >= 15 is 0 Å². The second kappa shape index (κ2) is 6.89. The largest absolute Gasteiger partial charge is 0.480 e. The number of hydrogen-bond acceptors (Lipinski definition) is 4. The first-order valence-corrected chi connectivity index (χ1v) is 4.74. The molecule has 0 radical (unpaired) electrons. The van der Waals surface area contributed by atoms with Crippen molar-refractivity contribution in [3.63, 3.8) is 0 Å². The molecule has 0 fully saturated rings. The molecule has 0 aromatic carbocycles. The molecule has 5 nitrogen and oxygen atoms in total. The maximum absolute atomic E-state index is 10.5. The Morgan fingerprint density at radius 1 is 1.67 bits per heavy atom. The summed E-state index contributed by atoms with van der Waals surface area (Å²) in [6, 6.07) is -0.836. The predicted octanol–water partition coefficient (Wildman–Crippen LogP) is 0.0964. The molecule has 0 saturated carbocycles. The van der Waals surface area contributed by atoms with E-state index in [1.165, 1.54) is 6.20 Å². The van der Waals surface area contributed by atoms with E-state index in [1.54, 1.807) is 6.08 Å². The van der Waals surface area contributed by atoms with E-state index in [2.05, 4.69) is 6.58 Å². The van der Waals surface area contributed by atoms with Crippen molar-refractivity contribution in [1.82, 2.24) is 4.90 Å². The molecule has 1 atom stereocenters. The summed E-state index contributed by atoms with van der Waals surface area (Å²) < 4.78 is 0. The lowest BCUT2D eigenvalue weighted by Gasteiger charge is -2.21. The molecule has 5 heteroatoms. The monoisotopic (exact) mass is 213 g/mol. The van der Waals surface area contributed by atoms with E-state index in [1.807, 2.05) is 11.9 Å². The van der Waals surface area contributed by atoms with E-state index in [0.717, 1.165) is 5.70 Å². The van der Waals surface area contributed by atoms with E-state index in [9.17, 15) is 4.79 Å². The SMILES string of the molecule is C=CCN(C)/C(=C\N)CC[C@H](N)C(=O)O. The Hall–Kier alpha value is -1.49. The number of aliphatic carboxylic acids is 1. The quantitative estimate of drug-likeness (QED) is 0.521. The molecule has 0 heterocycles. The van der Waals surface area contributed by atoms with Crippen LogP contribution in [-0.2, 0) is 4.79 Å². The van der Waals surface area contributed by atoms with Crippen molar-refractivity contribution >= 4 is 5.97 Å². The van der Waals surface area contributed by atoms with E-state index in [0.29, 0.717) is 19.4 Å². The van der Waals surface area contributed by atoms with Crippen LogP contribution in [-0.4, -0.2) is 35.6 Å². The predicted molar refractivity (Wildman–Crippen MR) is 59.9 cm³/mol. The van der Waals surface area contributed by atoms with E-state index in [-0.39, 0.29) is 0 Å². The molecule has 0 spiro atoms. The van der Waals surface area contributed by atoms with Gasteiger partial charge in [0, 0.05) is 25.5 Å². The van der Waals surface area contributed by atoms with Gasteiger partial charge in [0.25, 0.3) is 0 Å². The molecule has 0 bridgehead atoms. The fourth-order valence-corrected chi connectivity index (χ4v) is 1.14. The van der Waals surface area contributed by atoms with Gasteiger partial charge in [0.1, 0.15) is 6.04 Å². The lowest BCUT2D eigenvalue weighted by molar-refractivity contribution is -0.138. The standard InChI is InChI=1S/C10H19N3O2/c1-3-6-13(2)8(7-11)4-5-9(12)10(14)15/h3,7,9H,1,4-6,11-12H2,2H3,(H,14,15)/b8-7-/t9-/m0/s1. The number of carboxylic acid groups (broad SMARTS) is 1. The summed E-state index contributed by atoms with van der Waals surface area (Å²) in [5.74, 6) is -0.988. The normalized spacial score (nSPS) is 13.3. The van der Waals surface area contributed by atoms with Gasteiger partial charge in [-0.25, -0.2) is 0 Å². The number of nitrogens with zero attached hydrogens (tertiary/aromatic N) is 1. The Balaban J connectivity index is 4.12. The van der Waals surface area contributed by atoms with Crippen LogP contribution in [0.1, 0.15) is 12.8 Å². The third-order valence-corrected chi connectivity index (χ3v) is 2.11. The molecule has 0 amide bonds. The van der Waals surface area contributed by atoms with Crippen molar-refractivity contribution in [2.24, 2.45) is 11.5 Å². The topological polar surface area (TPSA) is 92.6 Å². The van der Waals surface area contributed by atoms with Crippen molar-refractivity contribution in [3.8, 4) is 0 Å². The van der Waals surface area contributed by atoms with Gasteiger partial charge in [0.2, 0.25) is 0 Å². The van der Waals surface area contributed by atoms with Crippen LogP contribution < -0.4 is 11.5 Å². The van der Waals surface area contributed by atoms with Crippen LogP contribution in [0.15, 0.2) is 24.6 Å². The fourth-order valence-electron chi connectivity index (χ4n) is 1.14. The number of rotatable bonds is 7. The molecule has 0 rings (SSSR count). The second-order valence-corrected chi connectivity index (χ2v) is 3.31. The molecule has 0 aromatic rings. The van der Waals surface area contributed by atoms with Gasteiger partial charge in [-0.05, 0) is 12.8 Å². The molecular weight excluding hydrogens is 194 g/mol. The Kier molecular flexibility index (Phi) is 6.21. The number of hydrogen-bond donors (Lipinski definition) is 3. The van der Waals surface area contributed by atoms with Crippen molar-refractivity contribution in [2.45, 2.75) is 18.9 Å². The minimum Gasteiger partial charge on any atom is -0.480 e. The highest BCUT2D eigenvalue weighted by Gasteiger charge is 2.12. The minimum absolute atomic E-state index is 0.375. The molecule has 0 aliphatic rings. The Labute approximate surface area is 90.0 Å². The van der Waals surface area contributed by atoms with Gasteiger partial charge in [-0.3, -0.25) is 4.79 Å². The average Bonchev–Trinajstić information content (AvgIpc) is 2.18. The summed E-state index contributed by atoms with van der Waals surface area (Å²) in [5, 5.41) is 8.60. The summed E-state index contributed by atoms with van der Waals surface area (Å²) in [6.45, 7) is 4.28. The van der Waals surface area contributed by atoms with Gasteiger partial charge < -0.3 is 21.5 Å². The third-order valence-electron chi connectivity index (χ3n) is 2.11. The molecule has 0 aliphatic carbocycles. The molecular formula is C10H19N3O2. The maximum atomic E-state index is 10.5. The third kappa shape index (κ3) is 5.07. The summed E-state index contributed by atoms with van der Waals surface area (Å²) in [5.41, 5.74) is 11.7. The van der Waals surface area contributed by atoms with Gasteiger partial charge in [-0.1, -0.05) is 6.08 Å². The van der Waals surface area contributed by atoms with Crippen LogP contribution in [0.5, 0.6) is 0 Å². The first kappa shape index (κ1) is 13.5. The number of carboxylic acids is 1. The highest BCUT2D eigenvalue weighted by atomic mass is 16.4. The molecule has 86 valence electrons. The summed E-state index contributed by atoms with van der Waals surface area (Å²) in [4.78, 5) is 12.4. The van der Waals surface area contributed by atoms with Crippen LogP contribution in [0.3, 0.4) is 0 Å². The van der Waals surface area contributed by atoms with Gasteiger partial charge >= 0.3 is 5.97 Å². The van der Waals surface area contributed by atoms with Crippen molar-refractivity contribution in [3.05, 3.63) is 24.6 Å². The number of likely N-dealkylation sites (N-methyl/N-ethyl adjacent to an activating group) is 1. The highest BCUT2D eigenvalue weighted by Crippen LogP contribution is 2.09. The Bertz CT molecular complexity index is 251. The van der Waals surface area contributed by atoms with Crippen LogP contribution >= 0.6 is 0 Å². The molecule has 5 N–H and O–H groups in total. The molecule has 0 aromatic heterocycles. The maximum Gasteiger partial charge on any atom is 0.320 e. The summed E-state index contributed by atoms with van der Waals surface area (Å²) in [7, 11) is 1.87. The first-order chi connectivity index (χ1) is 7.02. The molecule has 15 heavy (non-hydrogen) atoms. The molecule has 0 aliphatic heterocycles. The zero-order valence-corrected chi connectivity index (χ0v) is 9.02. The lowest BCUT2D eigenvalue weighted by atomic mass is 10.1. The van der Waals surface area contributed by atoms with Crippen molar-refractivity contribution < 1.29 is 9.90 Å². The number of allylic oxidation sites excluding steroid dienone is 1. The Morgan fingerprint density at radius 2 is 2.27 bits per heavy atom. The summed E-state index contributed by atoms with van der Waals surface area (Å²) >= 11 is 0. The number of nitrogens with two attached hydrogens (primary N) is 2. The fraction of sp³-hybridized carbons (Fsp3) is 0.500. The number of carbonyl (C=O) groups is 1. The van der Waals surface area contributed by atoms with Gasteiger partial charge in [0.15, 0.2) is 0 Å². The van der Waals surface area contributed by atoms with Gasteiger partial charge in [-0.15, -0.1) is 6.58 Å². The van der Waals surface area contributed by atoms with Crippen LogP contribution in [0.4, 0.5) is 0 Å². The smallest absolute Gasteiger partial charge is 0.320 e. The van der Waals surface area contributed by atoms with Gasteiger partial charge in [0.05, 0.1) is 0 Å². The van der Waals surface area contributed by atoms with Crippen LogP contribution in [0.2, 0.25) is 0 Å². The van der Waals surface area contributed by atoms with Crippen LogP contribution in [0.25, 0.3) is 0 Å². The minimum atomic E-state index is -0.988. The molecule has 0 unspecified atom stereocenters. The second-order valence-electron chi connectivity index (χ2n) is 3.31. The first-order valence-electron chi connectivity index (χ1n) is 4.74. The summed E-state index contributed by atoms with van der Waals surface area (Å²) in [6.07, 6.45) is 4.15. The highest BCUT2D eigenvalue weighted by molar-refractivity contribution is 5.73. The lowest BCUT2D eigenvalue weighted by Crippen LogP contribution is -2.31. The molecule has 0 saturated heterocycles. The zero-order valence-electron chi connectivity index (χ0n) is 9.02.